The number of carboxylic acids is 2. The number of hydrogen-bond donors (Lipinski definition) is 2. The van der Waals surface area contributed by atoms with Crippen LogP contribution < -0.4 is 0 Å². The van der Waals surface area contributed by atoms with Gasteiger partial charge < -0.3 is 19.7 Å². The summed E-state index contributed by atoms with van der Waals surface area (Å²) in [6, 6.07) is 10.5. The smallest absolute Gasteiger partial charge is 0.346 e. The number of carbonyl (C=O) groups excluding carboxylic acids is 4. The zero-order valence-corrected chi connectivity index (χ0v) is 16.6. The number of aromatic carboxylic acids is 2. The summed E-state index contributed by atoms with van der Waals surface area (Å²) in [5.41, 5.74) is -1.14. The fourth-order valence-electron chi connectivity index (χ4n) is 2.65. The third-order valence-electron chi connectivity index (χ3n) is 4.18. The van der Waals surface area contributed by atoms with Gasteiger partial charge in [0.2, 0.25) is 0 Å². The molecule has 0 spiro atoms. The van der Waals surface area contributed by atoms with Crippen molar-refractivity contribution in [2.24, 2.45) is 0 Å². The highest BCUT2D eigenvalue weighted by atomic mass is 16.6. The van der Waals surface area contributed by atoms with Crippen molar-refractivity contribution >= 4 is 35.8 Å². The molecule has 0 atom stereocenters. The summed E-state index contributed by atoms with van der Waals surface area (Å²) in [5, 5.41) is 18.1. The SMILES string of the molecule is O=C(CCCCC(=O)OC(=O)c1ccccc1C(=O)O)OC(=O)c1ccccc1C(=O)O. The first-order valence-corrected chi connectivity index (χ1v) is 9.35. The van der Waals surface area contributed by atoms with Crippen LogP contribution >= 0.6 is 0 Å². The Balaban J connectivity index is 1.78. The lowest BCUT2D eigenvalue weighted by Gasteiger charge is -2.06. The van der Waals surface area contributed by atoms with Crippen LogP contribution in [0.5, 0.6) is 0 Å². The van der Waals surface area contributed by atoms with Gasteiger partial charge in [-0.05, 0) is 37.1 Å². The number of benzene rings is 2. The largest absolute Gasteiger partial charge is 0.478 e. The summed E-state index contributed by atoms with van der Waals surface area (Å²) < 4.78 is 9.25. The molecule has 32 heavy (non-hydrogen) atoms. The number of unbranched alkanes of at least 4 members (excludes halogenated alkanes) is 1. The standard InChI is InChI=1S/C22H18O10/c23-17(31-21(29)15-9-3-1-7-13(15)19(25)26)11-5-6-12-18(24)32-22(30)16-10-4-2-8-14(16)20(27)28/h1-4,7-10H,5-6,11-12H2,(H,25,26)(H,27,28). The van der Waals surface area contributed by atoms with E-state index in [9.17, 15) is 28.8 Å². The van der Waals surface area contributed by atoms with Gasteiger partial charge >= 0.3 is 35.8 Å². The van der Waals surface area contributed by atoms with Crippen LogP contribution in [0, 0.1) is 0 Å². The average Bonchev–Trinajstić information content (AvgIpc) is 2.76. The van der Waals surface area contributed by atoms with Gasteiger partial charge in [-0.2, -0.15) is 0 Å². The van der Waals surface area contributed by atoms with Crippen LogP contribution in [0.2, 0.25) is 0 Å². The van der Waals surface area contributed by atoms with Crippen molar-refractivity contribution in [3.63, 3.8) is 0 Å². The Hall–Kier alpha value is -4.34. The summed E-state index contributed by atoms with van der Waals surface area (Å²) in [7, 11) is 0. The predicted octanol–water partition coefficient (Wildman–Crippen LogP) is 2.71. The molecule has 0 aliphatic carbocycles. The molecule has 2 aromatic rings. The lowest BCUT2D eigenvalue weighted by molar-refractivity contribution is -0.140. The van der Waals surface area contributed by atoms with E-state index in [0.717, 1.165) is 0 Å². The highest BCUT2D eigenvalue weighted by molar-refractivity contribution is 6.06. The molecule has 0 aliphatic rings. The number of rotatable bonds is 9. The summed E-state index contributed by atoms with van der Waals surface area (Å²) in [5.74, 6) is -6.71. The fourth-order valence-corrected chi connectivity index (χ4v) is 2.65. The molecule has 10 nitrogen and oxygen atoms in total. The van der Waals surface area contributed by atoms with Crippen molar-refractivity contribution in [2.75, 3.05) is 0 Å². The molecule has 166 valence electrons. The molecule has 0 heterocycles. The Morgan fingerprint density at radius 1 is 0.562 bits per heavy atom. The van der Waals surface area contributed by atoms with Gasteiger partial charge in [-0.15, -0.1) is 0 Å². The fraction of sp³-hybridized carbons (Fsp3) is 0.182. The topological polar surface area (TPSA) is 161 Å². The molecule has 0 saturated heterocycles. The zero-order valence-electron chi connectivity index (χ0n) is 16.6. The quantitative estimate of drug-likeness (QED) is 0.335. The van der Waals surface area contributed by atoms with E-state index in [1.54, 1.807) is 0 Å². The van der Waals surface area contributed by atoms with E-state index in [-0.39, 0.29) is 47.9 Å². The summed E-state index contributed by atoms with van der Waals surface area (Å²) in [6.45, 7) is 0. The molecule has 0 aliphatic heterocycles. The maximum atomic E-state index is 12.0. The first-order chi connectivity index (χ1) is 15.2. The Morgan fingerprint density at radius 2 is 0.875 bits per heavy atom. The van der Waals surface area contributed by atoms with Gasteiger partial charge in [-0.25, -0.2) is 19.2 Å². The molecule has 0 aromatic heterocycles. The number of carbonyl (C=O) groups is 6. The monoisotopic (exact) mass is 442 g/mol. The zero-order chi connectivity index (χ0) is 23.7. The third kappa shape index (κ3) is 6.59. The first-order valence-electron chi connectivity index (χ1n) is 9.35. The first kappa shape index (κ1) is 23.9. The van der Waals surface area contributed by atoms with Gasteiger partial charge in [0, 0.05) is 12.8 Å². The van der Waals surface area contributed by atoms with Gasteiger partial charge in [0.15, 0.2) is 0 Å². The van der Waals surface area contributed by atoms with E-state index < -0.39 is 35.8 Å². The van der Waals surface area contributed by atoms with Gasteiger partial charge in [0.25, 0.3) is 0 Å². The Labute approximate surface area is 181 Å². The molecule has 0 fully saturated rings. The van der Waals surface area contributed by atoms with Crippen LogP contribution in [0.15, 0.2) is 48.5 Å². The molecule has 2 rings (SSSR count). The highest BCUT2D eigenvalue weighted by Crippen LogP contribution is 2.13. The second-order valence-electron chi connectivity index (χ2n) is 6.43. The molecular weight excluding hydrogens is 424 g/mol. The third-order valence-corrected chi connectivity index (χ3v) is 4.18. The number of ether oxygens (including phenoxy) is 2. The minimum Gasteiger partial charge on any atom is -0.478 e. The van der Waals surface area contributed by atoms with Crippen molar-refractivity contribution in [1.82, 2.24) is 0 Å². The van der Waals surface area contributed by atoms with Crippen molar-refractivity contribution < 1.29 is 48.5 Å². The molecule has 0 unspecified atom stereocenters. The molecule has 2 N–H and O–H groups in total. The molecule has 2 aromatic carbocycles. The van der Waals surface area contributed by atoms with Crippen molar-refractivity contribution in [3.8, 4) is 0 Å². The minimum absolute atomic E-state index is 0.127. The summed E-state index contributed by atoms with van der Waals surface area (Å²) in [6.07, 6.45) is -0.211. The molecule has 0 amide bonds. The molecule has 0 bridgehead atoms. The highest BCUT2D eigenvalue weighted by Gasteiger charge is 2.21. The van der Waals surface area contributed by atoms with Crippen LogP contribution in [0.1, 0.15) is 67.1 Å². The number of esters is 4. The van der Waals surface area contributed by atoms with Gasteiger partial charge in [0.1, 0.15) is 0 Å². The maximum absolute atomic E-state index is 12.0. The second kappa shape index (κ2) is 11.2. The van der Waals surface area contributed by atoms with E-state index in [1.165, 1.54) is 48.5 Å². The van der Waals surface area contributed by atoms with E-state index in [2.05, 4.69) is 9.47 Å². The van der Waals surface area contributed by atoms with Gasteiger partial charge in [-0.1, -0.05) is 24.3 Å². The van der Waals surface area contributed by atoms with Crippen molar-refractivity contribution in [1.29, 1.82) is 0 Å². The minimum atomic E-state index is -1.34. The normalized spacial score (nSPS) is 10.1. The second-order valence-corrected chi connectivity index (χ2v) is 6.43. The summed E-state index contributed by atoms with van der Waals surface area (Å²) >= 11 is 0. The lowest BCUT2D eigenvalue weighted by Crippen LogP contribution is -2.17. The van der Waals surface area contributed by atoms with E-state index in [4.69, 9.17) is 10.2 Å². The Kier molecular flexibility index (Phi) is 8.35. The maximum Gasteiger partial charge on any atom is 0.346 e. The predicted molar refractivity (Wildman–Crippen MR) is 106 cm³/mol. The number of hydrogen-bond acceptors (Lipinski definition) is 8. The Bertz CT molecular complexity index is 984. The van der Waals surface area contributed by atoms with Gasteiger partial charge in [-0.3, -0.25) is 9.59 Å². The van der Waals surface area contributed by atoms with Gasteiger partial charge in [0.05, 0.1) is 22.3 Å². The van der Waals surface area contributed by atoms with Crippen molar-refractivity contribution in [3.05, 3.63) is 70.8 Å². The van der Waals surface area contributed by atoms with Crippen molar-refractivity contribution in [2.45, 2.75) is 25.7 Å². The van der Waals surface area contributed by atoms with Crippen LogP contribution in [-0.4, -0.2) is 46.0 Å². The van der Waals surface area contributed by atoms with Crippen LogP contribution in [0.3, 0.4) is 0 Å². The molecule has 10 heteroatoms. The molecule has 0 saturated carbocycles. The van der Waals surface area contributed by atoms with E-state index >= 15 is 0 Å². The lowest BCUT2D eigenvalue weighted by atomic mass is 10.1. The summed E-state index contributed by atoms with van der Waals surface area (Å²) in [4.78, 5) is 69.8. The van der Waals surface area contributed by atoms with Crippen LogP contribution in [-0.2, 0) is 19.1 Å². The molecular formula is C22H18O10. The van der Waals surface area contributed by atoms with Crippen LogP contribution in [0.25, 0.3) is 0 Å². The van der Waals surface area contributed by atoms with Crippen LogP contribution in [0.4, 0.5) is 0 Å². The average molecular weight is 442 g/mol. The number of carboxylic acid groups (broad SMARTS) is 2. The molecule has 0 radical (unpaired) electrons. The van der Waals surface area contributed by atoms with E-state index in [1.807, 2.05) is 0 Å². The Morgan fingerprint density at radius 3 is 1.19 bits per heavy atom. The van der Waals surface area contributed by atoms with E-state index in [0.29, 0.717) is 0 Å².